The zero-order valence-electron chi connectivity index (χ0n) is 14.5. The summed E-state index contributed by atoms with van der Waals surface area (Å²) in [6.07, 6.45) is 0.646. The first-order valence-electron chi connectivity index (χ1n) is 9.08. The lowest BCUT2D eigenvalue weighted by atomic mass is 9.81. The van der Waals surface area contributed by atoms with Gasteiger partial charge in [-0.1, -0.05) is 48.5 Å². The van der Waals surface area contributed by atoms with E-state index in [1.165, 1.54) is 5.56 Å². The van der Waals surface area contributed by atoms with E-state index >= 15 is 0 Å². The summed E-state index contributed by atoms with van der Waals surface area (Å²) in [6, 6.07) is 17.3. The summed E-state index contributed by atoms with van der Waals surface area (Å²) in [4.78, 5) is 15.1. The molecule has 26 heavy (non-hydrogen) atoms. The highest BCUT2D eigenvalue weighted by molar-refractivity contribution is 5.87. The van der Waals surface area contributed by atoms with Gasteiger partial charge in [-0.25, -0.2) is 8.78 Å². The third-order valence-electron chi connectivity index (χ3n) is 5.34. The van der Waals surface area contributed by atoms with Crippen LogP contribution in [0.3, 0.4) is 0 Å². The molecule has 4 rings (SSSR count). The van der Waals surface area contributed by atoms with Crippen LogP contribution in [0.15, 0.2) is 54.6 Å². The summed E-state index contributed by atoms with van der Waals surface area (Å²) in [5.41, 5.74) is 3.23. The number of anilines is 1. The van der Waals surface area contributed by atoms with Crippen LogP contribution in [0.4, 0.5) is 14.5 Å². The van der Waals surface area contributed by atoms with Gasteiger partial charge in [0.15, 0.2) is 0 Å². The number of fused-ring (bicyclic) bond motifs is 1. The number of amides is 1. The van der Waals surface area contributed by atoms with Crippen LogP contribution in [0.2, 0.25) is 0 Å². The lowest BCUT2D eigenvalue weighted by molar-refractivity contribution is -0.127. The molecule has 1 heterocycles. The fraction of sp³-hybridized carbons (Fsp3) is 0.381. The van der Waals surface area contributed by atoms with E-state index in [0.29, 0.717) is 6.54 Å². The van der Waals surface area contributed by atoms with E-state index in [1.54, 1.807) is 0 Å². The summed E-state index contributed by atoms with van der Waals surface area (Å²) < 4.78 is 26.1. The van der Waals surface area contributed by atoms with Crippen LogP contribution in [0.25, 0.3) is 0 Å². The Labute approximate surface area is 152 Å². The van der Waals surface area contributed by atoms with Gasteiger partial charge in [-0.2, -0.15) is 0 Å². The smallest absolute Gasteiger partial charge is 0.248 e. The Kier molecular flexibility index (Phi) is 4.39. The minimum atomic E-state index is -2.55. The van der Waals surface area contributed by atoms with Crippen molar-refractivity contribution >= 4 is 11.6 Å². The maximum Gasteiger partial charge on any atom is 0.248 e. The van der Waals surface area contributed by atoms with E-state index in [1.807, 2.05) is 48.5 Å². The molecule has 1 unspecified atom stereocenters. The molecule has 5 heteroatoms. The fourth-order valence-corrected chi connectivity index (χ4v) is 4.01. The first-order chi connectivity index (χ1) is 12.5. The number of benzene rings is 2. The Morgan fingerprint density at radius 1 is 1.12 bits per heavy atom. The van der Waals surface area contributed by atoms with Gasteiger partial charge in [-0.05, 0) is 29.5 Å². The topological polar surface area (TPSA) is 32.3 Å². The molecule has 1 fully saturated rings. The summed E-state index contributed by atoms with van der Waals surface area (Å²) in [7, 11) is 0. The molecule has 0 bridgehead atoms. The van der Waals surface area contributed by atoms with Crippen molar-refractivity contribution in [2.24, 2.45) is 5.92 Å². The van der Waals surface area contributed by atoms with Crippen LogP contribution in [0.5, 0.6) is 0 Å². The molecule has 2 aliphatic rings. The van der Waals surface area contributed by atoms with Gasteiger partial charge in [-0.15, -0.1) is 0 Å². The number of halogens is 2. The maximum atomic E-state index is 13.0. The molecular weight excluding hydrogens is 334 g/mol. The molecule has 1 saturated carbocycles. The molecule has 0 spiro atoms. The lowest BCUT2D eigenvalue weighted by Gasteiger charge is -2.36. The molecule has 1 aliphatic heterocycles. The largest absolute Gasteiger partial charge is 0.355 e. The number of alkyl halides is 2. The normalized spacial score (nSPS) is 19.5. The lowest BCUT2D eigenvalue weighted by Crippen LogP contribution is -2.46. The molecule has 1 amide bonds. The average molecular weight is 356 g/mol. The Bertz CT molecular complexity index is 786. The van der Waals surface area contributed by atoms with Crippen molar-refractivity contribution in [3.8, 4) is 0 Å². The van der Waals surface area contributed by atoms with E-state index in [-0.39, 0.29) is 24.7 Å². The van der Waals surface area contributed by atoms with Gasteiger partial charge in [-0.3, -0.25) is 4.79 Å². The van der Waals surface area contributed by atoms with E-state index in [9.17, 15) is 13.6 Å². The Morgan fingerprint density at radius 3 is 2.54 bits per heavy atom. The standard InChI is InChI=1S/C21H22F2N2O/c22-21(23)12-15(13-21)14-24-20(26)19(17-7-2-1-3-8-17)25-11-10-16-6-4-5-9-18(16)25/h1-9,15,19H,10-14H2,(H,24,26). The highest BCUT2D eigenvalue weighted by Crippen LogP contribution is 2.42. The van der Waals surface area contributed by atoms with Crippen LogP contribution in [0, 0.1) is 5.92 Å². The summed E-state index contributed by atoms with van der Waals surface area (Å²) in [6.45, 7) is 1.08. The highest BCUT2D eigenvalue weighted by Gasteiger charge is 2.45. The first-order valence-corrected chi connectivity index (χ1v) is 9.08. The van der Waals surface area contributed by atoms with Crippen molar-refractivity contribution in [3.05, 3.63) is 65.7 Å². The fourth-order valence-electron chi connectivity index (χ4n) is 4.01. The molecule has 136 valence electrons. The van der Waals surface area contributed by atoms with Gasteiger partial charge in [0.1, 0.15) is 6.04 Å². The number of carbonyl (C=O) groups excluding carboxylic acids is 1. The Hall–Kier alpha value is -2.43. The van der Waals surface area contributed by atoms with Crippen molar-refractivity contribution in [3.63, 3.8) is 0 Å². The number of para-hydroxylation sites is 1. The van der Waals surface area contributed by atoms with Crippen molar-refractivity contribution in [1.29, 1.82) is 0 Å². The minimum Gasteiger partial charge on any atom is -0.355 e. The van der Waals surface area contributed by atoms with Crippen LogP contribution in [-0.2, 0) is 11.2 Å². The summed E-state index contributed by atoms with van der Waals surface area (Å²) in [5.74, 6) is -2.80. The van der Waals surface area contributed by atoms with E-state index < -0.39 is 12.0 Å². The van der Waals surface area contributed by atoms with Crippen LogP contribution in [0.1, 0.15) is 30.0 Å². The predicted molar refractivity (Wildman–Crippen MR) is 97.4 cm³/mol. The third-order valence-corrected chi connectivity index (χ3v) is 5.34. The van der Waals surface area contributed by atoms with E-state index in [2.05, 4.69) is 16.3 Å². The summed E-state index contributed by atoms with van der Waals surface area (Å²) >= 11 is 0. The van der Waals surface area contributed by atoms with Gasteiger partial charge in [0.25, 0.3) is 0 Å². The first kappa shape index (κ1) is 17.0. The number of nitrogens with zero attached hydrogens (tertiary/aromatic N) is 1. The second-order valence-electron chi connectivity index (χ2n) is 7.26. The quantitative estimate of drug-likeness (QED) is 0.880. The Morgan fingerprint density at radius 2 is 1.81 bits per heavy atom. The van der Waals surface area contributed by atoms with Crippen molar-refractivity contribution in [2.75, 3.05) is 18.0 Å². The van der Waals surface area contributed by atoms with Gasteiger partial charge in [0.2, 0.25) is 11.8 Å². The molecule has 1 atom stereocenters. The molecule has 1 N–H and O–H groups in total. The second kappa shape index (κ2) is 6.71. The minimum absolute atomic E-state index is 0.122. The summed E-state index contributed by atoms with van der Waals surface area (Å²) in [5, 5.41) is 2.91. The number of hydrogen-bond donors (Lipinski definition) is 1. The molecule has 0 aromatic heterocycles. The van der Waals surface area contributed by atoms with Crippen LogP contribution >= 0.6 is 0 Å². The number of rotatable bonds is 5. The molecule has 2 aromatic carbocycles. The van der Waals surface area contributed by atoms with Crippen LogP contribution < -0.4 is 10.2 Å². The number of carbonyl (C=O) groups is 1. The van der Waals surface area contributed by atoms with E-state index in [4.69, 9.17) is 0 Å². The van der Waals surface area contributed by atoms with Crippen LogP contribution in [-0.4, -0.2) is 24.9 Å². The molecule has 0 radical (unpaired) electrons. The molecule has 0 saturated heterocycles. The maximum absolute atomic E-state index is 13.0. The SMILES string of the molecule is O=C(NCC1CC(F)(F)C1)C(c1ccccc1)N1CCc2ccccc21. The van der Waals surface area contributed by atoms with Crippen molar-refractivity contribution in [2.45, 2.75) is 31.2 Å². The zero-order valence-corrected chi connectivity index (χ0v) is 14.5. The van der Waals surface area contributed by atoms with Gasteiger partial charge in [0, 0.05) is 31.6 Å². The monoisotopic (exact) mass is 356 g/mol. The number of nitrogens with one attached hydrogen (secondary N) is 1. The predicted octanol–water partition coefficient (Wildman–Crippen LogP) is 3.95. The molecule has 3 nitrogen and oxygen atoms in total. The molecular formula is C21H22F2N2O. The number of hydrogen-bond acceptors (Lipinski definition) is 2. The van der Waals surface area contributed by atoms with Gasteiger partial charge >= 0.3 is 0 Å². The zero-order chi connectivity index (χ0) is 18.1. The van der Waals surface area contributed by atoms with Crippen molar-refractivity contribution < 1.29 is 13.6 Å². The molecule has 2 aromatic rings. The average Bonchev–Trinajstić information content (AvgIpc) is 3.03. The second-order valence-corrected chi connectivity index (χ2v) is 7.26. The third kappa shape index (κ3) is 3.30. The molecule has 1 aliphatic carbocycles. The van der Waals surface area contributed by atoms with Gasteiger partial charge < -0.3 is 10.2 Å². The highest BCUT2D eigenvalue weighted by atomic mass is 19.3. The van der Waals surface area contributed by atoms with E-state index in [0.717, 1.165) is 24.2 Å². The van der Waals surface area contributed by atoms with Crippen molar-refractivity contribution in [1.82, 2.24) is 5.32 Å². The van der Waals surface area contributed by atoms with Gasteiger partial charge in [0.05, 0.1) is 0 Å². The Balaban J connectivity index is 1.53.